The molecular weight excluding hydrogens is 310 g/mol. The van der Waals surface area contributed by atoms with Crippen LogP contribution in [0.5, 0.6) is 0 Å². The van der Waals surface area contributed by atoms with Gasteiger partial charge in [-0.05, 0) is 41.0 Å². The van der Waals surface area contributed by atoms with Gasteiger partial charge in [-0.15, -0.1) is 0 Å². The lowest BCUT2D eigenvalue weighted by atomic mass is 10.2. The number of aromatic nitrogens is 1. The first-order valence-electron chi connectivity index (χ1n) is 6.46. The molecule has 2 rings (SSSR count). The van der Waals surface area contributed by atoms with E-state index in [2.05, 4.69) is 31.1 Å². The molecular formula is C13H18BrN3O2. The molecule has 1 fully saturated rings. The molecule has 1 N–H and O–H groups in total. The minimum atomic E-state index is -0.0815. The van der Waals surface area contributed by atoms with Gasteiger partial charge in [-0.2, -0.15) is 0 Å². The minimum absolute atomic E-state index is 0.0815. The van der Waals surface area contributed by atoms with E-state index >= 15 is 0 Å². The normalized spacial score (nSPS) is 16.3. The first-order valence-corrected chi connectivity index (χ1v) is 7.25. The van der Waals surface area contributed by atoms with Crippen molar-refractivity contribution in [3.63, 3.8) is 0 Å². The van der Waals surface area contributed by atoms with Crippen molar-refractivity contribution in [1.29, 1.82) is 0 Å². The number of carbonyl (C=O) groups excluding carboxylic acids is 1. The van der Waals surface area contributed by atoms with Crippen LogP contribution in [-0.4, -0.2) is 55.2 Å². The maximum atomic E-state index is 11.9. The molecule has 1 amide bonds. The molecule has 19 heavy (non-hydrogen) atoms. The highest BCUT2D eigenvalue weighted by atomic mass is 79.9. The maximum absolute atomic E-state index is 11.9. The van der Waals surface area contributed by atoms with Crippen LogP contribution in [0.1, 0.15) is 16.8 Å². The standard InChI is InChI=1S/C13H18BrN3O2/c14-12-11(3-1-4-15-12)13(18)16-5-2-6-17-7-9-19-10-8-17/h1,3-4H,2,5-10H2,(H,16,18). The van der Waals surface area contributed by atoms with Crippen LogP contribution in [0, 0.1) is 0 Å². The van der Waals surface area contributed by atoms with Crippen LogP contribution in [0.25, 0.3) is 0 Å². The Morgan fingerprint density at radius 3 is 3.00 bits per heavy atom. The van der Waals surface area contributed by atoms with E-state index in [0.717, 1.165) is 39.3 Å². The molecule has 6 heteroatoms. The molecule has 1 aliphatic heterocycles. The summed E-state index contributed by atoms with van der Waals surface area (Å²) in [4.78, 5) is 18.3. The summed E-state index contributed by atoms with van der Waals surface area (Å²) in [5.74, 6) is -0.0815. The molecule has 104 valence electrons. The van der Waals surface area contributed by atoms with Gasteiger partial charge in [0.2, 0.25) is 0 Å². The number of nitrogens with zero attached hydrogens (tertiary/aromatic N) is 2. The number of morpholine rings is 1. The number of hydrogen-bond acceptors (Lipinski definition) is 4. The average Bonchev–Trinajstić information content (AvgIpc) is 2.45. The Bertz CT molecular complexity index is 422. The van der Waals surface area contributed by atoms with Gasteiger partial charge in [0, 0.05) is 25.8 Å². The third-order valence-corrected chi connectivity index (χ3v) is 3.68. The van der Waals surface area contributed by atoms with E-state index in [0.29, 0.717) is 16.7 Å². The predicted molar refractivity (Wildman–Crippen MR) is 76.1 cm³/mol. The van der Waals surface area contributed by atoms with Crippen molar-refractivity contribution in [2.24, 2.45) is 0 Å². The fourth-order valence-corrected chi connectivity index (χ4v) is 2.41. The van der Waals surface area contributed by atoms with Crippen LogP contribution in [0.4, 0.5) is 0 Å². The van der Waals surface area contributed by atoms with Crippen molar-refractivity contribution in [3.05, 3.63) is 28.5 Å². The highest BCUT2D eigenvalue weighted by Crippen LogP contribution is 2.11. The molecule has 1 saturated heterocycles. The molecule has 0 saturated carbocycles. The maximum Gasteiger partial charge on any atom is 0.254 e. The fraction of sp³-hybridized carbons (Fsp3) is 0.538. The second-order valence-corrected chi connectivity index (χ2v) is 5.16. The Kier molecular flexibility index (Phi) is 5.75. The van der Waals surface area contributed by atoms with Gasteiger partial charge in [0.1, 0.15) is 4.60 Å². The topological polar surface area (TPSA) is 54.5 Å². The zero-order valence-corrected chi connectivity index (χ0v) is 12.4. The van der Waals surface area contributed by atoms with E-state index < -0.39 is 0 Å². The minimum Gasteiger partial charge on any atom is -0.379 e. The Morgan fingerprint density at radius 2 is 2.26 bits per heavy atom. The van der Waals surface area contributed by atoms with Gasteiger partial charge in [-0.3, -0.25) is 9.69 Å². The van der Waals surface area contributed by atoms with Crippen molar-refractivity contribution in [2.45, 2.75) is 6.42 Å². The van der Waals surface area contributed by atoms with Gasteiger partial charge >= 0.3 is 0 Å². The first kappa shape index (κ1) is 14.4. The highest BCUT2D eigenvalue weighted by molar-refractivity contribution is 9.10. The Hall–Kier alpha value is -0.980. The number of carbonyl (C=O) groups is 1. The van der Waals surface area contributed by atoms with Crippen LogP contribution < -0.4 is 5.32 Å². The first-order chi connectivity index (χ1) is 9.27. The second-order valence-electron chi connectivity index (χ2n) is 4.41. The molecule has 0 spiro atoms. The van der Waals surface area contributed by atoms with Crippen molar-refractivity contribution in [1.82, 2.24) is 15.2 Å². The smallest absolute Gasteiger partial charge is 0.254 e. The number of pyridine rings is 1. The van der Waals surface area contributed by atoms with Gasteiger partial charge in [-0.25, -0.2) is 4.98 Å². The molecule has 0 unspecified atom stereocenters. The molecule has 0 atom stereocenters. The third kappa shape index (κ3) is 4.56. The van der Waals surface area contributed by atoms with E-state index in [-0.39, 0.29) is 5.91 Å². The van der Waals surface area contributed by atoms with Crippen LogP contribution in [-0.2, 0) is 4.74 Å². The molecule has 1 aromatic heterocycles. The molecule has 0 bridgehead atoms. The number of amides is 1. The number of rotatable bonds is 5. The Morgan fingerprint density at radius 1 is 1.47 bits per heavy atom. The van der Waals surface area contributed by atoms with Crippen molar-refractivity contribution < 1.29 is 9.53 Å². The van der Waals surface area contributed by atoms with Crippen LogP contribution in [0.3, 0.4) is 0 Å². The van der Waals surface area contributed by atoms with E-state index in [1.54, 1.807) is 18.3 Å². The summed E-state index contributed by atoms with van der Waals surface area (Å²) in [7, 11) is 0. The monoisotopic (exact) mass is 327 g/mol. The van der Waals surface area contributed by atoms with Gasteiger partial charge < -0.3 is 10.1 Å². The van der Waals surface area contributed by atoms with Crippen LogP contribution >= 0.6 is 15.9 Å². The third-order valence-electron chi connectivity index (χ3n) is 3.04. The van der Waals surface area contributed by atoms with E-state index in [4.69, 9.17) is 4.74 Å². The highest BCUT2D eigenvalue weighted by Gasteiger charge is 2.11. The van der Waals surface area contributed by atoms with Crippen LogP contribution in [0.2, 0.25) is 0 Å². The van der Waals surface area contributed by atoms with Gasteiger partial charge in [0.15, 0.2) is 0 Å². The van der Waals surface area contributed by atoms with Gasteiger partial charge in [-0.1, -0.05) is 0 Å². The fourth-order valence-electron chi connectivity index (χ4n) is 1.98. The lowest BCUT2D eigenvalue weighted by molar-refractivity contribution is 0.0374. The van der Waals surface area contributed by atoms with Gasteiger partial charge in [0.25, 0.3) is 5.91 Å². The zero-order chi connectivity index (χ0) is 13.5. The molecule has 0 radical (unpaired) electrons. The number of ether oxygens (including phenoxy) is 1. The molecule has 0 aliphatic carbocycles. The van der Waals surface area contributed by atoms with E-state index in [9.17, 15) is 4.79 Å². The number of hydrogen-bond donors (Lipinski definition) is 1. The lowest BCUT2D eigenvalue weighted by Gasteiger charge is -2.26. The average molecular weight is 328 g/mol. The summed E-state index contributed by atoms with van der Waals surface area (Å²) in [5.41, 5.74) is 0.578. The summed E-state index contributed by atoms with van der Waals surface area (Å²) in [6, 6.07) is 3.52. The van der Waals surface area contributed by atoms with E-state index in [1.165, 1.54) is 0 Å². The summed E-state index contributed by atoms with van der Waals surface area (Å²) >= 11 is 3.27. The quantitative estimate of drug-likeness (QED) is 0.654. The molecule has 0 aromatic carbocycles. The van der Waals surface area contributed by atoms with Crippen LogP contribution in [0.15, 0.2) is 22.9 Å². The second kappa shape index (κ2) is 7.57. The summed E-state index contributed by atoms with van der Waals surface area (Å²) < 4.78 is 5.88. The Balaban J connectivity index is 1.68. The molecule has 2 heterocycles. The van der Waals surface area contributed by atoms with E-state index in [1.807, 2.05) is 0 Å². The molecule has 1 aromatic rings. The van der Waals surface area contributed by atoms with Crippen molar-refractivity contribution in [2.75, 3.05) is 39.4 Å². The molecule has 5 nitrogen and oxygen atoms in total. The van der Waals surface area contributed by atoms with Gasteiger partial charge in [0.05, 0.1) is 18.8 Å². The molecule has 1 aliphatic rings. The Labute approximate surface area is 121 Å². The predicted octanol–water partition coefficient (Wildman–Crippen LogP) is 1.30. The summed E-state index contributed by atoms with van der Waals surface area (Å²) in [6.07, 6.45) is 2.60. The SMILES string of the molecule is O=C(NCCCN1CCOCC1)c1cccnc1Br. The summed E-state index contributed by atoms with van der Waals surface area (Å²) in [5, 5.41) is 2.91. The number of halogens is 1. The largest absolute Gasteiger partial charge is 0.379 e. The summed E-state index contributed by atoms with van der Waals surface area (Å²) in [6.45, 7) is 5.28. The zero-order valence-electron chi connectivity index (χ0n) is 10.8. The van der Waals surface area contributed by atoms with Crippen molar-refractivity contribution in [3.8, 4) is 0 Å². The van der Waals surface area contributed by atoms with Crippen molar-refractivity contribution >= 4 is 21.8 Å². The lowest BCUT2D eigenvalue weighted by Crippen LogP contribution is -2.38. The number of nitrogens with one attached hydrogen (secondary N) is 1.